The van der Waals surface area contributed by atoms with E-state index in [2.05, 4.69) is 53.4 Å². The summed E-state index contributed by atoms with van der Waals surface area (Å²) in [5, 5.41) is 0. The first-order chi connectivity index (χ1) is 10.9. The van der Waals surface area contributed by atoms with Crippen molar-refractivity contribution in [3.8, 4) is 0 Å². The molecule has 22 heavy (non-hydrogen) atoms. The number of nitrogens with zero attached hydrogens (tertiary/aromatic N) is 1. The lowest BCUT2D eigenvalue weighted by molar-refractivity contribution is 0.230. The molecule has 0 aromatic heterocycles. The summed E-state index contributed by atoms with van der Waals surface area (Å²) in [6.45, 7) is 2.32. The molecule has 0 saturated carbocycles. The molecule has 0 N–H and O–H groups in total. The maximum Gasteiger partial charge on any atom is 0.139 e. The van der Waals surface area contributed by atoms with Gasteiger partial charge in [-0.25, -0.2) is 4.39 Å². The highest BCUT2D eigenvalue weighted by molar-refractivity contribution is 7.99. The van der Waals surface area contributed by atoms with Crippen LogP contribution < -0.4 is 0 Å². The van der Waals surface area contributed by atoms with Gasteiger partial charge in [0.05, 0.1) is 0 Å². The average molecular weight is 312 g/mol. The predicted octanol–water partition coefficient (Wildman–Crippen LogP) is 4.99. The van der Waals surface area contributed by atoms with Gasteiger partial charge in [0.15, 0.2) is 0 Å². The topological polar surface area (TPSA) is 3.24 Å². The zero-order chi connectivity index (χ0) is 14.9. The van der Waals surface area contributed by atoms with E-state index in [4.69, 9.17) is 0 Å². The number of rotatable bonds is 3. The number of halogens is 1. The number of alkyl halides is 1. The van der Waals surface area contributed by atoms with Crippen LogP contribution in [-0.2, 0) is 0 Å². The molecule has 4 rings (SSSR count). The van der Waals surface area contributed by atoms with Gasteiger partial charge in [-0.15, -0.1) is 0 Å². The first-order valence-electron chi connectivity index (χ1n) is 7.98. The van der Waals surface area contributed by atoms with Crippen LogP contribution >= 0.6 is 11.8 Å². The van der Waals surface area contributed by atoms with E-state index in [1.165, 1.54) is 47.8 Å². The molecule has 0 spiro atoms. The summed E-state index contributed by atoms with van der Waals surface area (Å²) in [6, 6.07) is 17.6. The van der Waals surface area contributed by atoms with Crippen LogP contribution in [-0.4, -0.2) is 24.0 Å². The van der Waals surface area contributed by atoms with E-state index in [1.807, 2.05) is 0 Å². The van der Waals surface area contributed by atoms with E-state index in [1.54, 1.807) is 0 Å². The lowest BCUT2D eigenvalue weighted by Gasteiger charge is -2.37. The Hall–Kier alpha value is -1.32. The van der Waals surface area contributed by atoms with Gasteiger partial charge in [-0.3, -0.25) is 4.90 Å². The van der Waals surface area contributed by atoms with Crippen LogP contribution in [0.15, 0.2) is 53.4 Å². The molecule has 2 atom stereocenters. The van der Waals surface area contributed by atoms with Crippen LogP contribution in [0.3, 0.4) is 0 Å². The first-order valence-corrected chi connectivity index (χ1v) is 8.97. The van der Waals surface area contributed by atoms with Crippen molar-refractivity contribution in [1.82, 2.24) is 4.90 Å². The molecule has 2 aromatic carbocycles. The highest BCUT2D eigenvalue weighted by atomic mass is 32.2. The molecule has 1 fully saturated rings. The highest BCUT2D eigenvalue weighted by Gasteiger charge is 2.35. The van der Waals surface area contributed by atoms with Gasteiger partial charge >= 0.3 is 0 Å². The minimum atomic E-state index is -0.360. The van der Waals surface area contributed by atoms with Crippen molar-refractivity contribution in [3.05, 3.63) is 65.2 Å². The summed E-state index contributed by atoms with van der Waals surface area (Å²) in [6.07, 6.45) is 2.59. The zero-order valence-corrected chi connectivity index (χ0v) is 13.4. The minimum absolute atomic E-state index is 0.360. The number of hydrogen-bond donors (Lipinski definition) is 0. The lowest BCUT2D eigenvalue weighted by atomic mass is 9.82. The van der Waals surface area contributed by atoms with Gasteiger partial charge in [-0.2, -0.15) is 0 Å². The van der Waals surface area contributed by atoms with Crippen LogP contribution in [0.25, 0.3) is 0 Å². The third kappa shape index (κ3) is 2.46. The fraction of sp³-hybridized carbons (Fsp3) is 0.368. The summed E-state index contributed by atoms with van der Waals surface area (Å²) < 4.78 is 12.4. The van der Waals surface area contributed by atoms with Crippen molar-refractivity contribution in [3.63, 3.8) is 0 Å². The molecule has 114 valence electrons. The van der Waals surface area contributed by atoms with Crippen molar-refractivity contribution < 1.29 is 4.39 Å². The van der Waals surface area contributed by atoms with Crippen molar-refractivity contribution in [2.75, 3.05) is 19.1 Å². The first kappa shape index (κ1) is 14.3. The maximum absolute atomic E-state index is 12.4. The van der Waals surface area contributed by atoms with Crippen LogP contribution in [0, 0.1) is 0 Å². The third-order valence-electron chi connectivity index (χ3n) is 5.01. The molecule has 3 heteroatoms. The molecule has 2 aliphatic heterocycles. The van der Waals surface area contributed by atoms with E-state index in [-0.39, 0.29) is 6.01 Å². The predicted molar refractivity (Wildman–Crippen MR) is 90.1 cm³/mol. The van der Waals surface area contributed by atoms with Crippen molar-refractivity contribution in [2.24, 2.45) is 0 Å². The Labute approximate surface area is 135 Å². The van der Waals surface area contributed by atoms with Gasteiger partial charge in [0.1, 0.15) is 6.01 Å². The van der Waals surface area contributed by atoms with Gasteiger partial charge in [0, 0.05) is 23.4 Å². The normalized spacial score (nSPS) is 24.0. The summed E-state index contributed by atoms with van der Waals surface area (Å²) in [4.78, 5) is 3.64. The molecule has 1 saturated heterocycles. The van der Waals surface area contributed by atoms with Crippen LogP contribution in [0.1, 0.15) is 41.5 Å². The number of hydrogen-bond acceptors (Lipinski definition) is 2. The van der Waals surface area contributed by atoms with E-state index >= 15 is 0 Å². The Morgan fingerprint density at radius 1 is 1.05 bits per heavy atom. The molecule has 0 bridgehead atoms. The molecular formula is C19H20FNS. The zero-order valence-electron chi connectivity index (χ0n) is 12.5. The van der Waals surface area contributed by atoms with E-state index in [0.717, 1.165) is 11.4 Å². The Bertz CT molecular complexity index is 655. The van der Waals surface area contributed by atoms with Gasteiger partial charge in [-0.05, 0) is 48.2 Å². The molecule has 2 aliphatic rings. The highest BCUT2D eigenvalue weighted by Crippen LogP contribution is 2.44. The van der Waals surface area contributed by atoms with Gasteiger partial charge in [0.2, 0.25) is 0 Å². The second-order valence-corrected chi connectivity index (χ2v) is 7.14. The number of benzene rings is 2. The maximum atomic E-state index is 12.4. The Morgan fingerprint density at radius 2 is 1.82 bits per heavy atom. The van der Waals surface area contributed by atoms with Crippen molar-refractivity contribution in [2.45, 2.75) is 29.7 Å². The minimum Gasteiger partial charge on any atom is -0.295 e. The lowest BCUT2D eigenvalue weighted by Crippen LogP contribution is -2.34. The number of thioether (sulfide) groups is 1. The molecule has 2 unspecified atom stereocenters. The van der Waals surface area contributed by atoms with Gasteiger partial charge in [0.25, 0.3) is 0 Å². The fourth-order valence-corrected chi connectivity index (χ4v) is 4.46. The fourth-order valence-electron chi connectivity index (χ4n) is 4.01. The Balaban J connectivity index is 1.71. The second-order valence-electron chi connectivity index (χ2n) is 6.16. The SMILES string of the molecule is [18F]CSc1ccc(C2CN3CCCC3c3ccccc32)cc1. The molecule has 0 amide bonds. The quantitative estimate of drug-likeness (QED) is 0.735. The Kier molecular flexibility index (Phi) is 3.93. The molecule has 2 aromatic rings. The van der Waals surface area contributed by atoms with Crippen LogP contribution in [0.2, 0.25) is 0 Å². The molecule has 0 aliphatic carbocycles. The molecular weight excluding hydrogens is 292 g/mol. The molecule has 2 heterocycles. The van der Waals surface area contributed by atoms with Gasteiger partial charge in [-0.1, -0.05) is 48.2 Å². The number of fused-ring (bicyclic) bond motifs is 3. The largest absolute Gasteiger partial charge is 0.295 e. The Morgan fingerprint density at radius 3 is 2.59 bits per heavy atom. The second kappa shape index (κ2) is 6.05. The van der Waals surface area contributed by atoms with E-state index in [9.17, 15) is 4.39 Å². The molecule has 1 nitrogen and oxygen atoms in total. The third-order valence-corrected chi connectivity index (χ3v) is 5.73. The van der Waals surface area contributed by atoms with Gasteiger partial charge < -0.3 is 0 Å². The summed E-state index contributed by atoms with van der Waals surface area (Å²) >= 11 is 1.25. The van der Waals surface area contributed by atoms with Crippen LogP contribution in [0.5, 0.6) is 0 Å². The van der Waals surface area contributed by atoms with Crippen molar-refractivity contribution >= 4 is 11.8 Å². The summed E-state index contributed by atoms with van der Waals surface area (Å²) in [5.74, 6) is 0.440. The smallest absolute Gasteiger partial charge is 0.139 e. The monoisotopic (exact) mass is 312 g/mol. The van der Waals surface area contributed by atoms with E-state index < -0.39 is 0 Å². The molecule has 0 radical (unpaired) electrons. The summed E-state index contributed by atoms with van der Waals surface area (Å²) in [5.41, 5.74) is 4.34. The average Bonchev–Trinajstić information content (AvgIpc) is 3.04. The standard InChI is InChI=1S/C19H20FNS/c20-13-22-15-9-7-14(8-10-15)18-12-21-11-3-6-19(21)17-5-2-1-4-16(17)18/h1-2,4-5,7-10,18-19H,3,6,11-13H2/i20-1. The van der Waals surface area contributed by atoms with Crippen LogP contribution in [0.4, 0.5) is 4.39 Å². The van der Waals surface area contributed by atoms with E-state index in [0.29, 0.717) is 12.0 Å². The summed E-state index contributed by atoms with van der Waals surface area (Å²) in [7, 11) is 0. The van der Waals surface area contributed by atoms with Crippen molar-refractivity contribution in [1.29, 1.82) is 0 Å².